The Morgan fingerprint density at radius 3 is 1.81 bits per heavy atom. The van der Waals surface area contributed by atoms with Crippen LogP contribution in [-0.2, 0) is 9.73 Å². The first-order valence-corrected chi connectivity index (χ1v) is 6.23. The maximum absolute atomic E-state index is 12.2. The molecular weight excluding hydrogens is 239 g/mol. The lowest BCUT2D eigenvalue weighted by Crippen LogP contribution is -2.21. The van der Waals surface area contributed by atoms with Gasteiger partial charge in [0.25, 0.3) is 0 Å². The van der Waals surface area contributed by atoms with Crippen LogP contribution in [0.2, 0.25) is 0 Å². The zero-order chi connectivity index (χ0) is 13.0. The molecule has 1 N–H and O–H groups in total. The van der Waals surface area contributed by atoms with Gasteiger partial charge in [-0.3, -0.25) is 0 Å². The summed E-state index contributed by atoms with van der Waals surface area (Å²) in [5.74, 6) is 0. The van der Waals surface area contributed by atoms with Crippen molar-refractivity contribution in [3.63, 3.8) is 0 Å². The molecule has 1 unspecified atom stereocenters. The van der Waals surface area contributed by atoms with Crippen LogP contribution >= 0.6 is 0 Å². The van der Waals surface area contributed by atoms with Crippen LogP contribution in [0.1, 0.15) is 19.4 Å². The van der Waals surface area contributed by atoms with E-state index in [2.05, 4.69) is 0 Å². The average molecular weight is 253 g/mol. The van der Waals surface area contributed by atoms with Crippen LogP contribution in [0.5, 0.6) is 0 Å². The molecule has 0 bridgehead atoms. The third kappa shape index (κ3) is 3.23. The number of aryl methyl sites for hydroxylation is 1. The third-order valence-corrected chi connectivity index (χ3v) is 3.27. The molecule has 1 aromatic carbocycles. The van der Waals surface area contributed by atoms with E-state index in [-0.39, 0.29) is 0 Å². The number of benzene rings is 1. The molecule has 2 nitrogen and oxygen atoms in total. The van der Waals surface area contributed by atoms with Crippen LogP contribution in [0.25, 0.3) is 0 Å². The first-order chi connectivity index (χ1) is 7.25. The number of hydrogen-bond donors (Lipinski definition) is 1. The van der Waals surface area contributed by atoms with E-state index in [0.717, 1.165) is 17.7 Å². The number of halogens is 3. The van der Waals surface area contributed by atoms with Crippen LogP contribution in [0, 0.1) is 11.7 Å². The molecule has 1 rings (SSSR count). The van der Waals surface area contributed by atoms with Gasteiger partial charge in [-0.05, 0) is 19.1 Å². The molecule has 16 heavy (non-hydrogen) atoms. The molecule has 0 radical (unpaired) electrons. The first kappa shape index (κ1) is 15.0. The Labute approximate surface area is 93.5 Å². The molecule has 0 amide bonds. The van der Waals surface area contributed by atoms with Gasteiger partial charge >= 0.3 is 5.51 Å². The molecule has 92 valence electrons. The van der Waals surface area contributed by atoms with Gasteiger partial charge in [0.1, 0.15) is 0 Å². The first-order valence-electron chi connectivity index (χ1n) is 4.67. The van der Waals surface area contributed by atoms with Gasteiger partial charge in [0.2, 0.25) is 0 Å². The fourth-order valence-corrected chi connectivity index (χ4v) is 1.65. The van der Waals surface area contributed by atoms with E-state index in [1.807, 2.05) is 13.8 Å². The second kappa shape index (κ2) is 5.34. The summed E-state index contributed by atoms with van der Waals surface area (Å²) in [6, 6.07) is 4.93. The van der Waals surface area contributed by atoms with Crippen LogP contribution in [-0.4, -0.2) is 9.72 Å². The van der Waals surface area contributed by atoms with E-state index < -0.39 is 20.1 Å². The SMILES string of the molecule is CC.Cc1ccc(S(=N)(=O)C(F)(F)F)cc1. The molecule has 1 aromatic rings. The number of alkyl halides is 3. The van der Waals surface area contributed by atoms with Crippen molar-refractivity contribution in [3.05, 3.63) is 29.8 Å². The van der Waals surface area contributed by atoms with Crippen molar-refractivity contribution in [2.45, 2.75) is 31.2 Å². The van der Waals surface area contributed by atoms with Crippen LogP contribution in [0.3, 0.4) is 0 Å². The Morgan fingerprint density at radius 1 is 1.12 bits per heavy atom. The summed E-state index contributed by atoms with van der Waals surface area (Å²) >= 11 is 0. The van der Waals surface area contributed by atoms with Crippen molar-refractivity contribution in [3.8, 4) is 0 Å². The normalized spacial score (nSPS) is 14.6. The molecule has 0 aliphatic heterocycles. The molecule has 0 saturated carbocycles. The summed E-state index contributed by atoms with van der Waals surface area (Å²) in [7, 11) is -4.69. The molecule has 6 heteroatoms. The molecule has 0 fully saturated rings. The fraction of sp³-hybridized carbons (Fsp3) is 0.400. The lowest BCUT2D eigenvalue weighted by atomic mass is 10.2. The van der Waals surface area contributed by atoms with Crippen molar-refractivity contribution in [1.29, 1.82) is 4.78 Å². The van der Waals surface area contributed by atoms with Crippen LogP contribution < -0.4 is 0 Å². The van der Waals surface area contributed by atoms with Crippen molar-refractivity contribution in [2.75, 3.05) is 0 Å². The summed E-state index contributed by atoms with van der Waals surface area (Å²) in [5.41, 5.74) is -4.26. The second-order valence-electron chi connectivity index (χ2n) is 2.81. The lowest BCUT2D eigenvalue weighted by Gasteiger charge is -2.10. The van der Waals surface area contributed by atoms with E-state index >= 15 is 0 Å². The zero-order valence-corrected chi connectivity index (χ0v) is 10.1. The molecule has 0 spiro atoms. The van der Waals surface area contributed by atoms with Gasteiger partial charge in [-0.15, -0.1) is 0 Å². The molecule has 1 atom stereocenters. The minimum absolute atomic E-state index is 0.504. The lowest BCUT2D eigenvalue weighted by molar-refractivity contribution is -0.0406. The summed E-state index contributed by atoms with van der Waals surface area (Å²) in [6.45, 7) is 5.70. The van der Waals surface area contributed by atoms with Crippen molar-refractivity contribution < 1.29 is 17.4 Å². The maximum Gasteiger partial charge on any atom is 0.483 e. The van der Waals surface area contributed by atoms with E-state index in [9.17, 15) is 17.4 Å². The Hall–Kier alpha value is -1.04. The molecule has 0 aliphatic carbocycles. The number of hydrogen-bond acceptors (Lipinski definition) is 2. The molecule has 0 aromatic heterocycles. The van der Waals surface area contributed by atoms with E-state index in [1.54, 1.807) is 6.92 Å². The highest BCUT2D eigenvalue weighted by atomic mass is 32.2. The third-order valence-electron chi connectivity index (χ3n) is 1.68. The predicted octanol–water partition coefficient (Wildman–Crippen LogP) is 3.95. The molecule has 0 aliphatic rings. The Morgan fingerprint density at radius 2 is 1.50 bits per heavy atom. The van der Waals surface area contributed by atoms with Gasteiger partial charge < -0.3 is 0 Å². The van der Waals surface area contributed by atoms with Crippen LogP contribution in [0.15, 0.2) is 29.2 Å². The Balaban J connectivity index is 0.00000106. The standard InChI is InChI=1S/C8H8F3NOS.C2H6/c1-6-2-4-7(5-3-6)14(12,13)8(9,10)11;1-2/h2-5,12H,1H3;1-2H3. The highest BCUT2D eigenvalue weighted by Gasteiger charge is 2.42. The molecule has 0 saturated heterocycles. The van der Waals surface area contributed by atoms with Gasteiger partial charge in [-0.2, -0.15) is 13.2 Å². The van der Waals surface area contributed by atoms with E-state index in [0.29, 0.717) is 0 Å². The molecule has 0 heterocycles. The van der Waals surface area contributed by atoms with Gasteiger partial charge in [0, 0.05) is 0 Å². The highest BCUT2D eigenvalue weighted by Crippen LogP contribution is 2.30. The van der Waals surface area contributed by atoms with E-state index in [4.69, 9.17) is 4.78 Å². The number of nitrogens with one attached hydrogen (secondary N) is 1. The van der Waals surface area contributed by atoms with Crippen molar-refractivity contribution in [2.24, 2.45) is 0 Å². The van der Waals surface area contributed by atoms with Gasteiger partial charge in [0.15, 0.2) is 9.73 Å². The van der Waals surface area contributed by atoms with Crippen LogP contribution in [0.4, 0.5) is 13.2 Å². The van der Waals surface area contributed by atoms with Gasteiger partial charge in [0.05, 0.1) is 4.90 Å². The number of rotatable bonds is 1. The quantitative estimate of drug-likeness (QED) is 0.809. The van der Waals surface area contributed by atoms with Gasteiger partial charge in [-0.1, -0.05) is 31.5 Å². The highest BCUT2D eigenvalue weighted by molar-refractivity contribution is 7.93. The van der Waals surface area contributed by atoms with Crippen molar-refractivity contribution >= 4 is 9.73 Å². The minimum atomic E-state index is -5.01. The predicted molar refractivity (Wildman–Crippen MR) is 57.7 cm³/mol. The van der Waals surface area contributed by atoms with Gasteiger partial charge in [-0.25, -0.2) is 8.99 Å². The Bertz CT molecular complexity index is 420. The van der Waals surface area contributed by atoms with Crippen molar-refractivity contribution in [1.82, 2.24) is 0 Å². The average Bonchev–Trinajstić information content (AvgIpc) is 2.20. The largest absolute Gasteiger partial charge is 0.483 e. The maximum atomic E-state index is 12.2. The fourth-order valence-electron chi connectivity index (χ4n) is 0.864. The zero-order valence-electron chi connectivity index (χ0n) is 9.26. The summed E-state index contributed by atoms with van der Waals surface area (Å²) < 4.78 is 54.3. The summed E-state index contributed by atoms with van der Waals surface area (Å²) in [5, 5.41) is 0. The summed E-state index contributed by atoms with van der Waals surface area (Å²) in [4.78, 5) is -0.504. The minimum Gasteiger partial charge on any atom is -0.241 e. The topological polar surface area (TPSA) is 40.9 Å². The smallest absolute Gasteiger partial charge is 0.241 e. The monoisotopic (exact) mass is 253 g/mol. The Kier molecular flexibility index (Phi) is 4.99. The molecular formula is C10H14F3NOS. The van der Waals surface area contributed by atoms with E-state index in [1.165, 1.54) is 12.1 Å². The summed E-state index contributed by atoms with van der Waals surface area (Å²) in [6.07, 6.45) is 0. The second-order valence-corrected chi connectivity index (χ2v) is 4.86.